The largest absolute Gasteiger partial charge is 0.345 e. The monoisotopic (exact) mass is 233 g/mol. The van der Waals surface area contributed by atoms with Crippen molar-refractivity contribution < 1.29 is 0 Å². The van der Waals surface area contributed by atoms with E-state index in [0.717, 1.165) is 30.3 Å². The van der Waals surface area contributed by atoms with Crippen LogP contribution in [0.3, 0.4) is 0 Å². The summed E-state index contributed by atoms with van der Waals surface area (Å²) in [5.41, 5.74) is 4.71. The first kappa shape index (κ1) is 11.9. The van der Waals surface area contributed by atoms with E-state index in [2.05, 4.69) is 27.3 Å². The number of imidazole rings is 1. The summed E-state index contributed by atoms with van der Waals surface area (Å²) in [6.45, 7) is 7.73. The predicted octanol–water partition coefficient (Wildman–Crippen LogP) is 1.36. The Hall–Kier alpha value is -1.62. The third-order valence-corrected chi connectivity index (χ3v) is 3.03. The van der Waals surface area contributed by atoms with E-state index in [1.54, 1.807) is 0 Å². The lowest BCUT2D eigenvalue weighted by molar-refractivity contribution is 0.673. The number of aromatic nitrogens is 4. The molecule has 0 aromatic carbocycles. The van der Waals surface area contributed by atoms with Crippen LogP contribution < -0.4 is 5.32 Å². The number of hydrogen-bond acceptors (Lipinski definition) is 3. The van der Waals surface area contributed by atoms with Gasteiger partial charge in [0.15, 0.2) is 0 Å². The molecule has 5 heteroatoms. The molecule has 0 fully saturated rings. The van der Waals surface area contributed by atoms with E-state index in [-0.39, 0.29) is 0 Å². The van der Waals surface area contributed by atoms with Crippen LogP contribution in [0.1, 0.15) is 28.5 Å². The highest BCUT2D eigenvalue weighted by molar-refractivity contribution is 5.24. The minimum atomic E-state index is 0.800. The SMILES string of the molecule is Cc1ncc(CNCc2c(C)nn(C)c2C)[nH]1. The predicted molar refractivity (Wildman–Crippen MR) is 66.6 cm³/mol. The average molecular weight is 233 g/mol. The molecule has 2 aromatic rings. The second-order valence-electron chi connectivity index (χ2n) is 4.37. The molecule has 5 nitrogen and oxygen atoms in total. The molecule has 0 radical (unpaired) electrons. The highest BCUT2D eigenvalue weighted by Crippen LogP contribution is 2.11. The molecule has 0 spiro atoms. The van der Waals surface area contributed by atoms with Crippen LogP contribution in [0.5, 0.6) is 0 Å². The zero-order valence-corrected chi connectivity index (χ0v) is 10.8. The molecule has 0 saturated carbocycles. The Morgan fingerprint density at radius 2 is 2.06 bits per heavy atom. The molecule has 2 heterocycles. The van der Waals surface area contributed by atoms with Gasteiger partial charge in [-0.2, -0.15) is 5.10 Å². The van der Waals surface area contributed by atoms with Crippen molar-refractivity contribution in [3.05, 3.63) is 34.7 Å². The van der Waals surface area contributed by atoms with Gasteiger partial charge in [0.2, 0.25) is 0 Å². The molecule has 0 aliphatic rings. The standard InChI is InChI=1S/C12H19N5/c1-8-12(9(2)17(4)16-8)7-13-5-11-6-14-10(3)15-11/h6,13H,5,7H2,1-4H3,(H,14,15). The summed E-state index contributed by atoms with van der Waals surface area (Å²) in [7, 11) is 1.98. The Labute approximate surface area is 101 Å². The topological polar surface area (TPSA) is 58.5 Å². The highest BCUT2D eigenvalue weighted by atomic mass is 15.3. The maximum atomic E-state index is 4.40. The van der Waals surface area contributed by atoms with Crippen molar-refractivity contribution in [1.82, 2.24) is 25.1 Å². The fourth-order valence-corrected chi connectivity index (χ4v) is 1.96. The van der Waals surface area contributed by atoms with Gasteiger partial charge in [-0.15, -0.1) is 0 Å². The second kappa shape index (κ2) is 4.71. The molecule has 2 aromatic heterocycles. The van der Waals surface area contributed by atoms with Crippen molar-refractivity contribution in [2.45, 2.75) is 33.9 Å². The van der Waals surface area contributed by atoms with Crippen LogP contribution in [-0.4, -0.2) is 19.7 Å². The molecule has 0 saturated heterocycles. The molecule has 0 atom stereocenters. The van der Waals surface area contributed by atoms with E-state index in [4.69, 9.17) is 0 Å². The Kier molecular flexibility index (Phi) is 3.28. The number of aryl methyl sites for hydroxylation is 3. The van der Waals surface area contributed by atoms with Crippen molar-refractivity contribution >= 4 is 0 Å². The number of nitrogens with one attached hydrogen (secondary N) is 2. The third kappa shape index (κ3) is 2.55. The molecule has 0 unspecified atom stereocenters. The van der Waals surface area contributed by atoms with Gasteiger partial charge in [0.25, 0.3) is 0 Å². The molecule has 92 valence electrons. The second-order valence-corrected chi connectivity index (χ2v) is 4.37. The quantitative estimate of drug-likeness (QED) is 0.838. The number of nitrogens with zero attached hydrogens (tertiary/aromatic N) is 3. The van der Waals surface area contributed by atoms with E-state index in [1.807, 2.05) is 31.8 Å². The van der Waals surface area contributed by atoms with Gasteiger partial charge in [0.05, 0.1) is 5.69 Å². The Morgan fingerprint density at radius 3 is 2.59 bits per heavy atom. The zero-order valence-electron chi connectivity index (χ0n) is 10.8. The summed E-state index contributed by atoms with van der Waals surface area (Å²) >= 11 is 0. The highest BCUT2D eigenvalue weighted by Gasteiger charge is 2.08. The minimum absolute atomic E-state index is 0.800. The molecule has 0 bridgehead atoms. The van der Waals surface area contributed by atoms with Crippen molar-refractivity contribution in [2.24, 2.45) is 7.05 Å². The first-order chi connectivity index (χ1) is 8.08. The number of H-pyrrole nitrogens is 1. The smallest absolute Gasteiger partial charge is 0.103 e. The van der Waals surface area contributed by atoms with Crippen molar-refractivity contribution in [1.29, 1.82) is 0 Å². The molecule has 0 aliphatic carbocycles. The van der Waals surface area contributed by atoms with Gasteiger partial charge in [-0.25, -0.2) is 4.98 Å². The summed E-state index contributed by atoms with van der Waals surface area (Å²) in [6.07, 6.45) is 1.87. The van der Waals surface area contributed by atoms with Gasteiger partial charge in [0, 0.05) is 43.3 Å². The summed E-state index contributed by atoms with van der Waals surface area (Å²) < 4.78 is 1.92. The minimum Gasteiger partial charge on any atom is -0.345 e. The molecular weight excluding hydrogens is 214 g/mol. The Balaban J connectivity index is 1.94. The van der Waals surface area contributed by atoms with E-state index in [9.17, 15) is 0 Å². The van der Waals surface area contributed by atoms with Gasteiger partial charge in [-0.1, -0.05) is 0 Å². The van der Waals surface area contributed by atoms with Crippen molar-refractivity contribution in [3.8, 4) is 0 Å². The fourth-order valence-electron chi connectivity index (χ4n) is 1.96. The van der Waals surface area contributed by atoms with Gasteiger partial charge < -0.3 is 10.3 Å². The maximum Gasteiger partial charge on any atom is 0.103 e. The molecule has 0 amide bonds. The van der Waals surface area contributed by atoms with E-state index >= 15 is 0 Å². The third-order valence-electron chi connectivity index (χ3n) is 3.03. The molecule has 2 N–H and O–H groups in total. The van der Waals surface area contributed by atoms with Gasteiger partial charge in [0.1, 0.15) is 5.82 Å². The molecular formula is C12H19N5. The van der Waals surface area contributed by atoms with Gasteiger partial charge in [-0.3, -0.25) is 4.68 Å². The van der Waals surface area contributed by atoms with Crippen LogP contribution in [0.25, 0.3) is 0 Å². The first-order valence-electron chi connectivity index (χ1n) is 5.78. The number of rotatable bonds is 4. The first-order valence-corrected chi connectivity index (χ1v) is 5.78. The maximum absolute atomic E-state index is 4.40. The van der Waals surface area contributed by atoms with Crippen molar-refractivity contribution in [3.63, 3.8) is 0 Å². The van der Waals surface area contributed by atoms with Crippen LogP contribution in [0.15, 0.2) is 6.20 Å². The molecule has 17 heavy (non-hydrogen) atoms. The fraction of sp³-hybridized carbons (Fsp3) is 0.500. The van der Waals surface area contributed by atoms with Crippen LogP contribution >= 0.6 is 0 Å². The number of hydrogen-bond donors (Lipinski definition) is 2. The van der Waals surface area contributed by atoms with Gasteiger partial charge in [-0.05, 0) is 20.8 Å². The number of aromatic amines is 1. The van der Waals surface area contributed by atoms with E-state index < -0.39 is 0 Å². The van der Waals surface area contributed by atoms with E-state index in [1.165, 1.54) is 11.3 Å². The van der Waals surface area contributed by atoms with Crippen LogP contribution in [-0.2, 0) is 20.1 Å². The molecule has 0 aliphatic heterocycles. The van der Waals surface area contributed by atoms with Gasteiger partial charge >= 0.3 is 0 Å². The average Bonchev–Trinajstić information content (AvgIpc) is 2.78. The molecule has 2 rings (SSSR count). The van der Waals surface area contributed by atoms with Crippen LogP contribution in [0.2, 0.25) is 0 Å². The normalized spacial score (nSPS) is 11.1. The summed E-state index contributed by atoms with van der Waals surface area (Å²) in [5.74, 6) is 0.954. The lowest BCUT2D eigenvalue weighted by Crippen LogP contribution is -2.14. The zero-order chi connectivity index (χ0) is 12.4. The summed E-state index contributed by atoms with van der Waals surface area (Å²) in [6, 6.07) is 0. The lowest BCUT2D eigenvalue weighted by atomic mass is 10.2. The lowest BCUT2D eigenvalue weighted by Gasteiger charge is -2.04. The van der Waals surface area contributed by atoms with Crippen LogP contribution in [0.4, 0.5) is 0 Å². The summed E-state index contributed by atoms with van der Waals surface area (Å²) in [5, 5.41) is 7.80. The van der Waals surface area contributed by atoms with Crippen LogP contribution in [0, 0.1) is 20.8 Å². The Morgan fingerprint density at radius 1 is 1.29 bits per heavy atom. The summed E-state index contributed by atoms with van der Waals surface area (Å²) in [4.78, 5) is 7.37. The van der Waals surface area contributed by atoms with Crippen molar-refractivity contribution in [2.75, 3.05) is 0 Å². The Bertz CT molecular complexity index is 509. The van der Waals surface area contributed by atoms with E-state index in [0.29, 0.717) is 0 Å².